The molecule has 0 bridgehead atoms. The van der Waals surface area contributed by atoms with Crippen molar-refractivity contribution in [3.8, 4) is 0 Å². The van der Waals surface area contributed by atoms with Crippen LogP contribution in [0.4, 0.5) is 5.69 Å². The standard InChI is InChI=1S/C18H16N2O2S/c1-22-18(21)17(12-14-8-5-11-23-14)20-19-16-10-4-7-13-6-2-3-9-15(13)16/h2-11,19H,12H2,1H3/b20-17-. The van der Waals surface area contributed by atoms with Crippen molar-refractivity contribution in [2.45, 2.75) is 6.42 Å². The lowest BCUT2D eigenvalue weighted by Crippen LogP contribution is -2.19. The van der Waals surface area contributed by atoms with Crippen molar-refractivity contribution in [1.29, 1.82) is 0 Å². The van der Waals surface area contributed by atoms with Gasteiger partial charge in [0.15, 0.2) is 5.71 Å². The van der Waals surface area contributed by atoms with E-state index in [0.29, 0.717) is 12.1 Å². The van der Waals surface area contributed by atoms with E-state index in [1.54, 1.807) is 11.3 Å². The summed E-state index contributed by atoms with van der Waals surface area (Å²) >= 11 is 1.59. The Balaban J connectivity index is 1.88. The largest absolute Gasteiger partial charge is 0.464 e. The van der Waals surface area contributed by atoms with Gasteiger partial charge in [-0.3, -0.25) is 5.43 Å². The summed E-state index contributed by atoms with van der Waals surface area (Å²) < 4.78 is 4.83. The normalized spacial score (nSPS) is 11.4. The van der Waals surface area contributed by atoms with E-state index < -0.39 is 5.97 Å². The van der Waals surface area contributed by atoms with Gasteiger partial charge in [0.1, 0.15) is 0 Å². The van der Waals surface area contributed by atoms with E-state index in [9.17, 15) is 4.79 Å². The van der Waals surface area contributed by atoms with Gasteiger partial charge in [0.05, 0.1) is 12.8 Å². The van der Waals surface area contributed by atoms with E-state index in [1.165, 1.54) is 7.11 Å². The first-order valence-corrected chi connectivity index (χ1v) is 8.07. The molecule has 2 aromatic carbocycles. The van der Waals surface area contributed by atoms with E-state index in [4.69, 9.17) is 4.74 Å². The fourth-order valence-corrected chi connectivity index (χ4v) is 3.01. The SMILES string of the molecule is COC(=O)/C(Cc1cccs1)=N\Nc1cccc2ccccc12. The molecule has 0 spiro atoms. The van der Waals surface area contributed by atoms with Crippen molar-refractivity contribution in [3.05, 3.63) is 64.9 Å². The number of ether oxygens (including phenoxy) is 1. The molecule has 0 aliphatic rings. The molecule has 0 atom stereocenters. The van der Waals surface area contributed by atoms with Crippen LogP contribution in [-0.4, -0.2) is 18.8 Å². The zero-order valence-corrected chi connectivity index (χ0v) is 13.5. The second kappa shape index (κ2) is 7.07. The maximum absolute atomic E-state index is 11.9. The molecule has 0 saturated carbocycles. The summed E-state index contributed by atoms with van der Waals surface area (Å²) in [5, 5.41) is 8.43. The number of methoxy groups -OCH3 is 1. The van der Waals surface area contributed by atoms with Crippen LogP contribution in [0.25, 0.3) is 10.8 Å². The number of carbonyl (C=O) groups is 1. The maximum atomic E-state index is 11.9. The minimum Gasteiger partial charge on any atom is -0.464 e. The van der Waals surface area contributed by atoms with Gasteiger partial charge in [0.2, 0.25) is 0 Å². The fourth-order valence-electron chi connectivity index (χ4n) is 2.30. The van der Waals surface area contributed by atoms with Gasteiger partial charge in [0.25, 0.3) is 0 Å². The summed E-state index contributed by atoms with van der Waals surface area (Å²) in [6.45, 7) is 0. The van der Waals surface area contributed by atoms with Crippen molar-refractivity contribution < 1.29 is 9.53 Å². The van der Waals surface area contributed by atoms with Crippen LogP contribution in [0.2, 0.25) is 0 Å². The number of anilines is 1. The number of fused-ring (bicyclic) bond motifs is 1. The van der Waals surface area contributed by atoms with Gasteiger partial charge in [0, 0.05) is 16.7 Å². The van der Waals surface area contributed by atoms with Crippen molar-refractivity contribution in [2.75, 3.05) is 12.5 Å². The molecule has 4 nitrogen and oxygen atoms in total. The molecule has 116 valence electrons. The fraction of sp³-hybridized carbons (Fsp3) is 0.111. The Morgan fingerprint density at radius 2 is 1.96 bits per heavy atom. The minimum absolute atomic E-state index is 0.350. The van der Waals surface area contributed by atoms with Gasteiger partial charge in [-0.1, -0.05) is 42.5 Å². The van der Waals surface area contributed by atoms with Crippen LogP contribution >= 0.6 is 11.3 Å². The van der Waals surface area contributed by atoms with Gasteiger partial charge < -0.3 is 4.74 Å². The highest BCUT2D eigenvalue weighted by Gasteiger charge is 2.13. The second-order valence-corrected chi connectivity index (χ2v) is 5.98. The van der Waals surface area contributed by atoms with Crippen LogP contribution in [-0.2, 0) is 16.0 Å². The van der Waals surface area contributed by atoms with Gasteiger partial charge in [-0.2, -0.15) is 5.10 Å². The number of rotatable bonds is 5. The van der Waals surface area contributed by atoms with Crippen molar-refractivity contribution in [3.63, 3.8) is 0 Å². The highest BCUT2D eigenvalue weighted by atomic mass is 32.1. The number of nitrogens with zero attached hydrogens (tertiary/aromatic N) is 1. The highest BCUT2D eigenvalue weighted by molar-refractivity contribution is 7.10. The van der Waals surface area contributed by atoms with Gasteiger partial charge in [-0.25, -0.2) is 4.79 Å². The molecular formula is C18H16N2O2S. The van der Waals surface area contributed by atoms with Crippen LogP contribution in [0, 0.1) is 0 Å². The minimum atomic E-state index is -0.425. The van der Waals surface area contributed by atoms with Crippen LogP contribution in [0.5, 0.6) is 0 Å². The molecule has 1 aromatic heterocycles. The molecule has 0 aliphatic heterocycles. The molecule has 1 N–H and O–H groups in total. The maximum Gasteiger partial charge on any atom is 0.354 e. The van der Waals surface area contributed by atoms with E-state index in [1.807, 2.05) is 60.0 Å². The molecule has 0 aliphatic carbocycles. The molecule has 5 heteroatoms. The number of thiophene rings is 1. The summed E-state index contributed by atoms with van der Waals surface area (Å²) in [7, 11) is 1.37. The second-order valence-electron chi connectivity index (χ2n) is 4.94. The average molecular weight is 324 g/mol. The molecule has 0 radical (unpaired) electrons. The van der Waals surface area contributed by atoms with E-state index in [0.717, 1.165) is 21.3 Å². The summed E-state index contributed by atoms with van der Waals surface area (Å²) in [6.07, 6.45) is 0.447. The molecule has 0 fully saturated rings. The molecule has 0 amide bonds. The number of hydrogen-bond donors (Lipinski definition) is 1. The predicted octanol–water partition coefficient (Wildman–Crippen LogP) is 4.08. The van der Waals surface area contributed by atoms with E-state index in [-0.39, 0.29) is 0 Å². The molecule has 1 heterocycles. The predicted molar refractivity (Wildman–Crippen MR) is 95.0 cm³/mol. The van der Waals surface area contributed by atoms with Crippen molar-refractivity contribution in [1.82, 2.24) is 0 Å². The van der Waals surface area contributed by atoms with Gasteiger partial charge in [-0.15, -0.1) is 11.3 Å². The lowest BCUT2D eigenvalue weighted by atomic mass is 10.1. The molecule has 0 saturated heterocycles. The topological polar surface area (TPSA) is 50.7 Å². The lowest BCUT2D eigenvalue weighted by molar-refractivity contribution is -0.132. The quantitative estimate of drug-likeness (QED) is 0.437. The van der Waals surface area contributed by atoms with Crippen LogP contribution in [0.3, 0.4) is 0 Å². The Kier molecular flexibility index (Phi) is 4.68. The Hall–Kier alpha value is -2.66. The third-order valence-electron chi connectivity index (χ3n) is 3.44. The highest BCUT2D eigenvalue weighted by Crippen LogP contribution is 2.23. The summed E-state index contributed by atoms with van der Waals surface area (Å²) in [4.78, 5) is 13.0. The number of hydrogen-bond acceptors (Lipinski definition) is 5. The Morgan fingerprint density at radius 3 is 2.74 bits per heavy atom. The van der Waals surface area contributed by atoms with Crippen LogP contribution < -0.4 is 5.43 Å². The molecule has 0 unspecified atom stereocenters. The first-order chi connectivity index (χ1) is 11.3. The third kappa shape index (κ3) is 3.57. The first-order valence-electron chi connectivity index (χ1n) is 7.19. The zero-order valence-electron chi connectivity index (χ0n) is 12.7. The van der Waals surface area contributed by atoms with Gasteiger partial charge in [-0.05, 0) is 22.9 Å². The molecule has 3 rings (SSSR count). The Labute approximate surface area is 138 Å². The third-order valence-corrected chi connectivity index (χ3v) is 4.32. The van der Waals surface area contributed by atoms with E-state index >= 15 is 0 Å². The first kappa shape index (κ1) is 15.2. The summed E-state index contributed by atoms with van der Waals surface area (Å²) in [5.41, 5.74) is 4.21. The molecular weight excluding hydrogens is 308 g/mol. The number of hydrazone groups is 1. The number of carbonyl (C=O) groups excluding carboxylic acids is 1. The van der Waals surface area contributed by atoms with E-state index in [2.05, 4.69) is 10.5 Å². The summed E-state index contributed by atoms with van der Waals surface area (Å²) in [6, 6.07) is 17.9. The van der Waals surface area contributed by atoms with Crippen molar-refractivity contribution >= 4 is 39.5 Å². The summed E-state index contributed by atoms with van der Waals surface area (Å²) in [5.74, 6) is -0.425. The smallest absolute Gasteiger partial charge is 0.354 e. The number of esters is 1. The monoisotopic (exact) mass is 324 g/mol. The molecule has 3 aromatic rings. The molecule has 23 heavy (non-hydrogen) atoms. The lowest BCUT2D eigenvalue weighted by Gasteiger charge is -2.08. The van der Waals surface area contributed by atoms with Crippen molar-refractivity contribution in [2.24, 2.45) is 5.10 Å². The zero-order chi connectivity index (χ0) is 16.1. The Bertz CT molecular complexity index is 836. The number of nitrogens with one attached hydrogen (secondary N) is 1. The Morgan fingerprint density at radius 1 is 1.13 bits per heavy atom. The average Bonchev–Trinajstić information content (AvgIpc) is 3.11. The van der Waals surface area contributed by atoms with Gasteiger partial charge >= 0.3 is 5.97 Å². The van der Waals surface area contributed by atoms with Crippen LogP contribution in [0.1, 0.15) is 4.88 Å². The number of benzene rings is 2. The van der Waals surface area contributed by atoms with Crippen LogP contribution in [0.15, 0.2) is 65.1 Å².